The minimum absolute atomic E-state index is 0.334. The summed E-state index contributed by atoms with van der Waals surface area (Å²) in [4.78, 5) is 27.8. The van der Waals surface area contributed by atoms with Gasteiger partial charge in [-0.15, -0.1) is 0 Å². The molecule has 3 heterocycles. The van der Waals surface area contributed by atoms with Crippen molar-refractivity contribution in [1.29, 1.82) is 0 Å². The van der Waals surface area contributed by atoms with Gasteiger partial charge in [-0.3, -0.25) is 19.2 Å². The van der Waals surface area contributed by atoms with E-state index in [9.17, 15) is 14.7 Å². The molecule has 122 valence electrons. The van der Waals surface area contributed by atoms with Crippen molar-refractivity contribution >= 4 is 0 Å². The van der Waals surface area contributed by atoms with Gasteiger partial charge in [-0.2, -0.15) is 0 Å². The van der Waals surface area contributed by atoms with E-state index in [1.54, 1.807) is 6.92 Å². The summed E-state index contributed by atoms with van der Waals surface area (Å²) in [5.41, 5.74) is -0.473. The molecule has 2 saturated heterocycles. The van der Waals surface area contributed by atoms with Gasteiger partial charge < -0.3 is 14.6 Å². The van der Waals surface area contributed by atoms with Crippen molar-refractivity contribution in [2.24, 2.45) is 0 Å². The SMILES string of the molecule is Cc1cn([C@H]2C[C@H](O)[C@@H](CN3CCOCC3)O2)c(=O)[nH]c1=O. The monoisotopic (exact) mass is 311 g/mol. The van der Waals surface area contributed by atoms with Crippen LogP contribution in [0, 0.1) is 6.92 Å². The smallest absolute Gasteiger partial charge is 0.330 e. The number of hydrogen-bond donors (Lipinski definition) is 2. The minimum Gasteiger partial charge on any atom is -0.390 e. The number of aliphatic hydroxyl groups excluding tert-OH is 1. The third-order valence-corrected chi connectivity index (χ3v) is 4.20. The highest BCUT2D eigenvalue weighted by molar-refractivity contribution is 5.02. The van der Waals surface area contributed by atoms with E-state index in [0.29, 0.717) is 31.7 Å². The minimum atomic E-state index is -0.632. The Labute approximate surface area is 127 Å². The molecular weight excluding hydrogens is 290 g/mol. The summed E-state index contributed by atoms with van der Waals surface area (Å²) < 4.78 is 12.5. The summed E-state index contributed by atoms with van der Waals surface area (Å²) in [5.74, 6) is 0. The van der Waals surface area contributed by atoms with E-state index in [4.69, 9.17) is 9.47 Å². The average Bonchev–Trinajstić information content (AvgIpc) is 2.85. The maximum Gasteiger partial charge on any atom is 0.330 e. The highest BCUT2D eigenvalue weighted by atomic mass is 16.5. The van der Waals surface area contributed by atoms with Gasteiger partial charge in [-0.25, -0.2) is 4.79 Å². The summed E-state index contributed by atoms with van der Waals surface area (Å²) in [6, 6.07) is 0. The lowest BCUT2D eigenvalue weighted by molar-refractivity contribution is -0.0515. The summed E-state index contributed by atoms with van der Waals surface area (Å²) in [6.07, 6.45) is 0.286. The maximum absolute atomic E-state index is 11.9. The molecule has 0 saturated carbocycles. The third kappa shape index (κ3) is 3.14. The first-order chi connectivity index (χ1) is 10.5. The summed E-state index contributed by atoms with van der Waals surface area (Å²) in [5, 5.41) is 10.2. The highest BCUT2D eigenvalue weighted by Crippen LogP contribution is 2.28. The molecule has 0 unspecified atom stereocenters. The van der Waals surface area contributed by atoms with Crippen molar-refractivity contribution in [2.45, 2.75) is 31.8 Å². The molecule has 0 radical (unpaired) electrons. The van der Waals surface area contributed by atoms with Crippen molar-refractivity contribution in [3.63, 3.8) is 0 Å². The lowest BCUT2D eigenvalue weighted by atomic mass is 10.1. The Morgan fingerprint density at radius 3 is 2.82 bits per heavy atom. The molecule has 1 aromatic heterocycles. The van der Waals surface area contributed by atoms with Crippen molar-refractivity contribution in [2.75, 3.05) is 32.8 Å². The lowest BCUT2D eigenvalue weighted by Gasteiger charge is -2.29. The number of nitrogens with one attached hydrogen (secondary N) is 1. The second kappa shape index (κ2) is 6.33. The number of rotatable bonds is 3. The molecular formula is C14H21N3O5. The predicted molar refractivity (Wildman–Crippen MR) is 77.9 cm³/mol. The highest BCUT2D eigenvalue weighted by Gasteiger charge is 2.36. The van der Waals surface area contributed by atoms with Gasteiger partial charge in [0.1, 0.15) is 6.23 Å². The van der Waals surface area contributed by atoms with Gasteiger partial charge >= 0.3 is 5.69 Å². The molecule has 0 aliphatic carbocycles. The maximum atomic E-state index is 11.9. The molecule has 22 heavy (non-hydrogen) atoms. The number of aromatic nitrogens is 2. The molecule has 0 bridgehead atoms. The molecule has 0 aromatic carbocycles. The third-order valence-electron chi connectivity index (χ3n) is 4.20. The molecule has 2 N–H and O–H groups in total. The van der Waals surface area contributed by atoms with E-state index in [2.05, 4.69) is 9.88 Å². The van der Waals surface area contributed by atoms with Crippen LogP contribution in [-0.4, -0.2) is 64.6 Å². The normalized spacial score (nSPS) is 29.8. The molecule has 3 rings (SSSR count). The van der Waals surface area contributed by atoms with Gasteiger partial charge in [0.25, 0.3) is 5.56 Å². The molecule has 8 nitrogen and oxygen atoms in total. The van der Waals surface area contributed by atoms with Crippen molar-refractivity contribution in [1.82, 2.24) is 14.5 Å². The molecule has 2 fully saturated rings. The lowest BCUT2D eigenvalue weighted by Crippen LogP contribution is -2.43. The van der Waals surface area contributed by atoms with Crippen LogP contribution in [0.25, 0.3) is 0 Å². The fourth-order valence-electron chi connectivity index (χ4n) is 2.89. The van der Waals surface area contributed by atoms with Crippen molar-refractivity contribution in [3.05, 3.63) is 32.6 Å². The topological polar surface area (TPSA) is 96.8 Å². The van der Waals surface area contributed by atoms with Crippen LogP contribution < -0.4 is 11.2 Å². The van der Waals surface area contributed by atoms with Gasteiger partial charge in [-0.05, 0) is 6.92 Å². The summed E-state index contributed by atoms with van der Waals surface area (Å²) in [7, 11) is 0. The Morgan fingerprint density at radius 2 is 2.09 bits per heavy atom. The summed E-state index contributed by atoms with van der Waals surface area (Å²) in [6.45, 7) is 5.24. The standard InChI is InChI=1S/C14H21N3O5/c1-9-7-17(14(20)15-13(9)19)12-6-10(18)11(22-12)8-16-2-4-21-5-3-16/h7,10-12,18H,2-6,8H2,1H3,(H,15,19,20)/t10-,11+,12+/m0/s1. The number of aromatic amines is 1. The molecule has 8 heteroatoms. The quantitative estimate of drug-likeness (QED) is 0.730. The van der Waals surface area contributed by atoms with Gasteiger partial charge in [0, 0.05) is 37.8 Å². The number of nitrogens with zero attached hydrogens (tertiary/aromatic N) is 2. The summed E-state index contributed by atoms with van der Waals surface area (Å²) >= 11 is 0. The first-order valence-electron chi connectivity index (χ1n) is 7.50. The van der Waals surface area contributed by atoms with Crippen LogP contribution in [0.15, 0.2) is 15.8 Å². The van der Waals surface area contributed by atoms with E-state index >= 15 is 0 Å². The Hall–Kier alpha value is -1.48. The van der Waals surface area contributed by atoms with Crippen LogP contribution in [0.2, 0.25) is 0 Å². The average molecular weight is 311 g/mol. The number of aliphatic hydroxyl groups is 1. The van der Waals surface area contributed by atoms with E-state index < -0.39 is 23.6 Å². The predicted octanol–water partition coefficient (Wildman–Crippen LogP) is -1.17. The van der Waals surface area contributed by atoms with Gasteiger partial charge in [0.2, 0.25) is 0 Å². The van der Waals surface area contributed by atoms with Crippen molar-refractivity contribution in [3.8, 4) is 0 Å². The molecule has 1 aromatic rings. The first kappa shape index (κ1) is 15.4. The van der Waals surface area contributed by atoms with Crippen LogP contribution >= 0.6 is 0 Å². The molecule has 2 aliphatic rings. The van der Waals surface area contributed by atoms with E-state index in [-0.39, 0.29) is 6.10 Å². The Balaban J connectivity index is 1.71. The molecule has 3 atom stereocenters. The number of ether oxygens (including phenoxy) is 2. The largest absolute Gasteiger partial charge is 0.390 e. The zero-order chi connectivity index (χ0) is 15.7. The Bertz CT molecular complexity index is 634. The number of hydrogen-bond acceptors (Lipinski definition) is 6. The number of H-pyrrole nitrogens is 1. The fourth-order valence-corrected chi connectivity index (χ4v) is 2.89. The zero-order valence-corrected chi connectivity index (χ0v) is 12.5. The second-order valence-electron chi connectivity index (χ2n) is 5.82. The second-order valence-corrected chi connectivity index (χ2v) is 5.82. The Kier molecular flexibility index (Phi) is 4.44. The van der Waals surface area contributed by atoms with Crippen LogP contribution in [0.5, 0.6) is 0 Å². The van der Waals surface area contributed by atoms with E-state index in [1.165, 1.54) is 10.8 Å². The molecule has 0 amide bonds. The fraction of sp³-hybridized carbons (Fsp3) is 0.714. The number of morpholine rings is 1. The van der Waals surface area contributed by atoms with Crippen LogP contribution in [-0.2, 0) is 9.47 Å². The Morgan fingerprint density at radius 1 is 1.36 bits per heavy atom. The van der Waals surface area contributed by atoms with E-state index in [0.717, 1.165) is 13.1 Å². The van der Waals surface area contributed by atoms with E-state index in [1.807, 2.05) is 0 Å². The number of aryl methyl sites for hydroxylation is 1. The van der Waals surface area contributed by atoms with Gasteiger partial charge in [0.15, 0.2) is 0 Å². The van der Waals surface area contributed by atoms with Crippen molar-refractivity contribution < 1.29 is 14.6 Å². The van der Waals surface area contributed by atoms with Gasteiger partial charge in [-0.1, -0.05) is 0 Å². The molecule has 0 spiro atoms. The first-order valence-corrected chi connectivity index (χ1v) is 7.50. The van der Waals surface area contributed by atoms with Crippen LogP contribution in [0.4, 0.5) is 0 Å². The van der Waals surface area contributed by atoms with Crippen LogP contribution in [0.3, 0.4) is 0 Å². The molecule has 2 aliphatic heterocycles. The van der Waals surface area contributed by atoms with Crippen LogP contribution in [0.1, 0.15) is 18.2 Å². The van der Waals surface area contributed by atoms with Gasteiger partial charge in [0.05, 0.1) is 25.4 Å². The zero-order valence-electron chi connectivity index (χ0n) is 12.5.